The number of carbonyl (C=O) groups is 2. The van der Waals surface area contributed by atoms with Crippen molar-refractivity contribution in [3.8, 4) is 0 Å². The van der Waals surface area contributed by atoms with Crippen molar-refractivity contribution < 1.29 is 9.59 Å². The van der Waals surface area contributed by atoms with Gasteiger partial charge in [0.2, 0.25) is 0 Å². The van der Waals surface area contributed by atoms with Crippen LogP contribution < -0.4 is 16.4 Å². The normalized spacial score (nSPS) is 10.9. The molecule has 1 aromatic rings. The van der Waals surface area contributed by atoms with Crippen LogP contribution in [-0.2, 0) is 16.0 Å². The molecule has 0 heterocycles. The van der Waals surface area contributed by atoms with Gasteiger partial charge in [0, 0.05) is 18.6 Å². The highest BCUT2D eigenvalue weighted by atomic mass is 16.2. The van der Waals surface area contributed by atoms with Crippen LogP contribution in [0.1, 0.15) is 25.8 Å². The highest BCUT2D eigenvalue weighted by Crippen LogP contribution is 2.13. The molecule has 5 heteroatoms. The molecule has 0 aromatic heterocycles. The molecule has 0 aliphatic rings. The SMILES string of the molecule is CC(C)(CCc1ccccc1)NC(=O)C(=O)NCCN. The molecule has 4 N–H and O–H groups in total. The third-order valence-corrected chi connectivity index (χ3v) is 2.97. The molecule has 2 amide bonds. The molecule has 0 atom stereocenters. The van der Waals surface area contributed by atoms with Crippen molar-refractivity contribution in [2.24, 2.45) is 5.73 Å². The molecule has 5 nitrogen and oxygen atoms in total. The van der Waals surface area contributed by atoms with Crippen LogP contribution >= 0.6 is 0 Å². The summed E-state index contributed by atoms with van der Waals surface area (Å²) in [5.74, 6) is -1.25. The second-order valence-electron chi connectivity index (χ2n) is 5.37. The molecule has 0 saturated carbocycles. The lowest BCUT2D eigenvalue weighted by Gasteiger charge is -2.26. The molecule has 1 rings (SSSR count). The number of hydrogen-bond donors (Lipinski definition) is 3. The largest absolute Gasteiger partial charge is 0.347 e. The average molecular weight is 277 g/mol. The number of hydrogen-bond acceptors (Lipinski definition) is 3. The summed E-state index contributed by atoms with van der Waals surface area (Å²) in [5, 5.41) is 5.20. The Hall–Kier alpha value is -1.88. The lowest BCUT2D eigenvalue weighted by atomic mass is 9.95. The standard InChI is InChI=1S/C15H23N3O2/c1-15(2,9-8-12-6-4-3-5-7-12)18-14(20)13(19)17-11-10-16/h3-7H,8-11,16H2,1-2H3,(H,17,19)(H,18,20). The Bertz CT molecular complexity index is 444. The third-order valence-electron chi connectivity index (χ3n) is 2.97. The molecule has 0 bridgehead atoms. The molecule has 0 radical (unpaired) electrons. The van der Waals surface area contributed by atoms with E-state index in [9.17, 15) is 9.59 Å². The number of nitrogens with two attached hydrogens (primary N) is 1. The van der Waals surface area contributed by atoms with E-state index in [4.69, 9.17) is 5.73 Å². The number of aryl methyl sites for hydroxylation is 1. The van der Waals surface area contributed by atoms with E-state index < -0.39 is 17.4 Å². The number of nitrogens with one attached hydrogen (secondary N) is 2. The van der Waals surface area contributed by atoms with Gasteiger partial charge in [-0.05, 0) is 32.3 Å². The quantitative estimate of drug-likeness (QED) is 0.665. The van der Waals surface area contributed by atoms with Crippen molar-refractivity contribution in [3.63, 3.8) is 0 Å². The topological polar surface area (TPSA) is 84.2 Å². The number of benzene rings is 1. The fourth-order valence-corrected chi connectivity index (χ4v) is 1.79. The summed E-state index contributed by atoms with van der Waals surface area (Å²) in [4.78, 5) is 23.2. The van der Waals surface area contributed by atoms with Gasteiger partial charge in [0.1, 0.15) is 0 Å². The third kappa shape index (κ3) is 5.84. The first-order valence-corrected chi connectivity index (χ1v) is 6.79. The van der Waals surface area contributed by atoms with Crippen LogP contribution in [0.15, 0.2) is 30.3 Å². The van der Waals surface area contributed by atoms with Crippen LogP contribution in [0.4, 0.5) is 0 Å². The average Bonchev–Trinajstić information content (AvgIpc) is 2.43. The second-order valence-corrected chi connectivity index (χ2v) is 5.37. The Labute approximate surface area is 119 Å². The van der Waals surface area contributed by atoms with Gasteiger partial charge in [-0.25, -0.2) is 0 Å². The van der Waals surface area contributed by atoms with Gasteiger partial charge in [-0.1, -0.05) is 30.3 Å². The molecular formula is C15H23N3O2. The fraction of sp³-hybridized carbons (Fsp3) is 0.467. The Balaban J connectivity index is 2.44. The monoisotopic (exact) mass is 277 g/mol. The minimum Gasteiger partial charge on any atom is -0.347 e. The molecular weight excluding hydrogens is 254 g/mol. The number of carbonyl (C=O) groups excluding carboxylic acids is 2. The summed E-state index contributed by atoms with van der Waals surface area (Å²) in [6, 6.07) is 10.0. The minimum atomic E-state index is -0.636. The van der Waals surface area contributed by atoms with Crippen LogP contribution in [0, 0.1) is 0 Å². The van der Waals surface area contributed by atoms with E-state index in [0.29, 0.717) is 13.1 Å². The van der Waals surface area contributed by atoms with Gasteiger partial charge in [0.25, 0.3) is 0 Å². The molecule has 0 fully saturated rings. The Morgan fingerprint density at radius 1 is 1.15 bits per heavy atom. The van der Waals surface area contributed by atoms with Crippen LogP contribution in [0.5, 0.6) is 0 Å². The molecule has 110 valence electrons. The van der Waals surface area contributed by atoms with Crippen LogP contribution in [0.3, 0.4) is 0 Å². The van der Waals surface area contributed by atoms with E-state index in [0.717, 1.165) is 12.8 Å². The number of amides is 2. The molecule has 0 spiro atoms. The molecule has 0 aliphatic carbocycles. The summed E-state index contributed by atoms with van der Waals surface area (Å²) in [7, 11) is 0. The Kier molecular flexibility index (Phi) is 6.18. The van der Waals surface area contributed by atoms with Crippen molar-refractivity contribution in [2.75, 3.05) is 13.1 Å². The molecule has 0 saturated heterocycles. The van der Waals surface area contributed by atoms with Gasteiger partial charge in [-0.2, -0.15) is 0 Å². The Morgan fingerprint density at radius 2 is 1.80 bits per heavy atom. The van der Waals surface area contributed by atoms with Crippen LogP contribution in [0.25, 0.3) is 0 Å². The Morgan fingerprint density at radius 3 is 2.40 bits per heavy atom. The maximum absolute atomic E-state index is 11.7. The first-order chi connectivity index (χ1) is 9.44. The van der Waals surface area contributed by atoms with E-state index in [2.05, 4.69) is 10.6 Å². The van der Waals surface area contributed by atoms with Gasteiger partial charge in [-0.15, -0.1) is 0 Å². The van der Waals surface area contributed by atoms with Gasteiger partial charge in [-0.3, -0.25) is 9.59 Å². The lowest BCUT2D eigenvalue weighted by Crippen LogP contribution is -2.50. The molecule has 0 aliphatic heterocycles. The summed E-state index contributed by atoms with van der Waals surface area (Å²) >= 11 is 0. The van der Waals surface area contributed by atoms with Crippen molar-refractivity contribution in [3.05, 3.63) is 35.9 Å². The van der Waals surface area contributed by atoms with E-state index in [1.165, 1.54) is 5.56 Å². The maximum atomic E-state index is 11.7. The van der Waals surface area contributed by atoms with Gasteiger partial charge in [0.05, 0.1) is 0 Å². The van der Waals surface area contributed by atoms with Gasteiger partial charge < -0.3 is 16.4 Å². The summed E-state index contributed by atoms with van der Waals surface area (Å²) in [6.07, 6.45) is 1.60. The van der Waals surface area contributed by atoms with E-state index in [-0.39, 0.29) is 0 Å². The smallest absolute Gasteiger partial charge is 0.309 e. The zero-order chi connectivity index (χ0) is 15.0. The first kappa shape index (κ1) is 16.2. The summed E-state index contributed by atoms with van der Waals surface area (Å²) in [5.41, 5.74) is 6.04. The van der Waals surface area contributed by atoms with Crippen molar-refractivity contribution in [2.45, 2.75) is 32.2 Å². The van der Waals surface area contributed by atoms with Gasteiger partial charge in [0.15, 0.2) is 0 Å². The first-order valence-electron chi connectivity index (χ1n) is 6.79. The summed E-state index contributed by atoms with van der Waals surface area (Å²) < 4.78 is 0. The second kappa shape index (κ2) is 7.65. The van der Waals surface area contributed by atoms with Gasteiger partial charge >= 0.3 is 11.8 Å². The minimum absolute atomic E-state index is 0.302. The zero-order valence-electron chi connectivity index (χ0n) is 12.1. The predicted octanol–water partition coefficient (Wildman–Crippen LogP) is 0.589. The van der Waals surface area contributed by atoms with E-state index in [1.54, 1.807) is 0 Å². The molecule has 20 heavy (non-hydrogen) atoms. The zero-order valence-corrected chi connectivity index (χ0v) is 12.1. The number of rotatable bonds is 6. The highest BCUT2D eigenvalue weighted by Gasteiger charge is 2.23. The molecule has 1 aromatic carbocycles. The van der Waals surface area contributed by atoms with Crippen molar-refractivity contribution in [1.82, 2.24) is 10.6 Å². The van der Waals surface area contributed by atoms with Crippen molar-refractivity contribution >= 4 is 11.8 Å². The molecule has 0 unspecified atom stereocenters. The van der Waals surface area contributed by atoms with Crippen LogP contribution in [-0.4, -0.2) is 30.4 Å². The van der Waals surface area contributed by atoms with Crippen molar-refractivity contribution in [1.29, 1.82) is 0 Å². The lowest BCUT2D eigenvalue weighted by molar-refractivity contribution is -0.140. The summed E-state index contributed by atoms with van der Waals surface area (Å²) in [6.45, 7) is 4.43. The highest BCUT2D eigenvalue weighted by molar-refractivity contribution is 6.35. The van der Waals surface area contributed by atoms with E-state index in [1.807, 2.05) is 44.2 Å². The fourth-order valence-electron chi connectivity index (χ4n) is 1.79. The predicted molar refractivity (Wildman–Crippen MR) is 79.0 cm³/mol. The maximum Gasteiger partial charge on any atom is 0.309 e. The van der Waals surface area contributed by atoms with E-state index >= 15 is 0 Å². The van der Waals surface area contributed by atoms with Crippen LogP contribution in [0.2, 0.25) is 0 Å².